The highest BCUT2D eigenvalue weighted by molar-refractivity contribution is 7.73. The van der Waals surface area contributed by atoms with Crippen molar-refractivity contribution < 1.29 is 13.3 Å². The van der Waals surface area contributed by atoms with Gasteiger partial charge in [0.25, 0.3) is 11.4 Å². The van der Waals surface area contributed by atoms with Crippen LogP contribution in [-0.2, 0) is 11.4 Å². The van der Waals surface area contributed by atoms with Crippen LogP contribution in [0.25, 0.3) is 0 Å². The summed E-state index contributed by atoms with van der Waals surface area (Å²) in [5.74, 6) is 0. The fourth-order valence-electron chi connectivity index (χ4n) is 0.475. The molecule has 0 aromatic heterocycles. The summed E-state index contributed by atoms with van der Waals surface area (Å²) >= 11 is 2.97. The Morgan fingerprint density at radius 1 is 1.33 bits per heavy atom. The zero-order valence-electron chi connectivity index (χ0n) is 5.98. The quantitative estimate of drug-likeness (QED) is 0.448. The summed E-state index contributed by atoms with van der Waals surface area (Å²) in [5.41, 5.74) is 6.02. The molecule has 0 radical (unpaired) electrons. The van der Waals surface area contributed by atoms with Crippen LogP contribution in [0.4, 0.5) is 5.69 Å². The van der Waals surface area contributed by atoms with Crippen LogP contribution in [0.1, 0.15) is 0 Å². The van der Waals surface area contributed by atoms with Crippen molar-refractivity contribution in [3.05, 3.63) is 29.3 Å². The molecule has 0 fully saturated rings. The first-order valence-corrected chi connectivity index (χ1v) is 4.28. The maximum atomic E-state index is 8.67. The Labute approximate surface area is 77.5 Å². The second kappa shape index (κ2) is 5.96. The van der Waals surface area contributed by atoms with Crippen molar-refractivity contribution in [3.63, 3.8) is 0 Å². The summed E-state index contributed by atoms with van der Waals surface area (Å²) in [6.45, 7) is 0. The molecule has 4 N–H and O–H groups in total. The highest BCUT2D eigenvalue weighted by Crippen LogP contribution is 2.15. The molecule has 0 aliphatic carbocycles. The Morgan fingerprint density at radius 3 is 2.00 bits per heavy atom. The number of hydrogen-bond acceptors (Lipinski definition) is 2. The zero-order chi connectivity index (χ0) is 9.56. The normalized spacial score (nSPS) is 9.00. The van der Waals surface area contributed by atoms with Gasteiger partial charge in [0, 0.05) is 0 Å². The molecular weight excluding hydrogens is 202 g/mol. The maximum Gasteiger partial charge on any atom is 0.299 e. The molecule has 0 saturated carbocycles. The number of rotatable bonds is 0. The van der Waals surface area contributed by atoms with Gasteiger partial charge in [0.05, 0.1) is 10.7 Å². The van der Waals surface area contributed by atoms with E-state index < -0.39 is 11.4 Å². The lowest BCUT2D eigenvalue weighted by atomic mass is 10.3. The lowest BCUT2D eigenvalue weighted by molar-refractivity contribution is 0.454. The van der Waals surface area contributed by atoms with Crippen molar-refractivity contribution >= 4 is 28.6 Å². The molecule has 0 atom stereocenters. The number of benzene rings is 1. The molecule has 0 spiro atoms. The molecule has 0 bridgehead atoms. The van der Waals surface area contributed by atoms with Gasteiger partial charge in [-0.05, 0) is 12.1 Å². The summed E-state index contributed by atoms with van der Waals surface area (Å²) in [4.78, 5) is 0. The van der Waals surface area contributed by atoms with Gasteiger partial charge in [0.1, 0.15) is 0 Å². The third-order valence-corrected chi connectivity index (χ3v) is 1.25. The third kappa shape index (κ3) is 6.11. The van der Waals surface area contributed by atoms with Gasteiger partial charge >= 0.3 is 0 Å². The van der Waals surface area contributed by atoms with Crippen LogP contribution in [0.2, 0.25) is 5.02 Å². The Bertz CT molecular complexity index is 244. The van der Waals surface area contributed by atoms with E-state index in [1.54, 1.807) is 12.1 Å². The van der Waals surface area contributed by atoms with Crippen LogP contribution in [0, 0.1) is 0 Å². The highest BCUT2D eigenvalue weighted by atomic mass is 35.5. The molecule has 4 nitrogen and oxygen atoms in total. The van der Waals surface area contributed by atoms with E-state index in [4.69, 9.17) is 30.6 Å². The average Bonchev–Trinajstić information content (AvgIpc) is 1.94. The van der Waals surface area contributed by atoms with E-state index in [2.05, 4.69) is 0 Å². The fourth-order valence-corrected chi connectivity index (χ4v) is 0.611. The SMILES string of the molecule is Nc1ccccc1Cl.O=S(O)O. The van der Waals surface area contributed by atoms with E-state index in [0.29, 0.717) is 10.7 Å². The summed E-state index contributed by atoms with van der Waals surface area (Å²) < 4.78 is 22.8. The summed E-state index contributed by atoms with van der Waals surface area (Å²) in [6.07, 6.45) is 0. The van der Waals surface area contributed by atoms with Crippen molar-refractivity contribution in [1.29, 1.82) is 0 Å². The van der Waals surface area contributed by atoms with Gasteiger partial charge in [-0.25, -0.2) is 0 Å². The van der Waals surface area contributed by atoms with Gasteiger partial charge in [-0.1, -0.05) is 23.7 Å². The lowest BCUT2D eigenvalue weighted by Gasteiger charge is -1.91. The van der Waals surface area contributed by atoms with Crippen LogP contribution in [0.15, 0.2) is 24.3 Å². The van der Waals surface area contributed by atoms with Crippen molar-refractivity contribution in [1.82, 2.24) is 0 Å². The number of nitrogen functional groups attached to an aromatic ring is 1. The summed E-state index contributed by atoms with van der Waals surface area (Å²) in [7, 11) is 0. The van der Waals surface area contributed by atoms with E-state index in [1.807, 2.05) is 12.1 Å². The second-order valence-electron chi connectivity index (χ2n) is 1.75. The van der Waals surface area contributed by atoms with Crippen molar-refractivity contribution in [2.75, 3.05) is 5.73 Å². The monoisotopic (exact) mass is 209 g/mol. The number of anilines is 1. The second-order valence-corrected chi connectivity index (χ2v) is 2.62. The largest absolute Gasteiger partial charge is 0.398 e. The molecule has 1 aromatic carbocycles. The number of hydrogen-bond donors (Lipinski definition) is 3. The predicted molar refractivity (Wildman–Crippen MR) is 49.3 cm³/mol. The van der Waals surface area contributed by atoms with Crippen LogP contribution in [0.3, 0.4) is 0 Å². The minimum Gasteiger partial charge on any atom is -0.398 e. The van der Waals surface area contributed by atoms with Gasteiger partial charge in [0.15, 0.2) is 0 Å². The van der Waals surface area contributed by atoms with E-state index in [0.717, 1.165) is 0 Å². The molecule has 1 aromatic rings. The molecule has 0 unspecified atom stereocenters. The van der Waals surface area contributed by atoms with Crippen molar-refractivity contribution in [2.24, 2.45) is 0 Å². The first kappa shape index (κ1) is 11.4. The maximum absolute atomic E-state index is 8.67. The minimum absolute atomic E-state index is 0.618. The summed E-state index contributed by atoms with van der Waals surface area (Å²) in [6, 6.07) is 7.22. The molecule has 0 aliphatic heterocycles. The Morgan fingerprint density at radius 2 is 1.75 bits per heavy atom. The minimum atomic E-state index is -2.61. The molecule has 6 heteroatoms. The topological polar surface area (TPSA) is 83.6 Å². The van der Waals surface area contributed by atoms with E-state index in [1.165, 1.54) is 0 Å². The fraction of sp³-hybridized carbons (Fsp3) is 0. The van der Waals surface area contributed by atoms with Crippen LogP contribution in [0.5, 0.6) is 0 Å². The van der Waals surface area contributed by atoms with E-state index >= 15 is 0 Å². The lowest BCUT2D eigenvalue weighted by Crippen LogP contribution is -1.82. The zero-order valence-corrected chi connectivity index (χ0v) is 7.55. The van der Waals surface area contributed by atoms with Crippen LogP contribution < -0.4 is 5.73 Å². The standard InChI is InChI=1S/C6H6ClN.H2O3S/c7-5-3-1-2-4-6(5)8;1-4(2)3/h1-4H,8H2;(H2,1,2,3). The average molecular weight is 210 g/mol. The first-order chi connectivity index (χ1) is 5.54. The van der Waals surface area contributed by atoms with Gasteiger partial charge in [-0.3, -0.25) is 9.11 Å². The third-order valence-electron chi connectivity index (χ3n) is 0.905. The number of halogens is 1. The van der Waals surface area contributed by atoms with Crippen LogP contribution in [-0.4, -0.2) is 13.3 Å². The smallest absolute Gasteiger partial charge is 0.299 e. The van der Waals surface area contributed by atoms with Gasteiger partial charge in [0.2, 0.25) is 0 Å². The van der Waals surface area contributed by atoms with Crippen LogP contribution >= 0.6 is 11.6 Å². The van der Waals surface area contributed by atoms with Crippen molar-refractivity contribution in [3.8, 4) is 0 Å². The highest BCUT2D eigenvalue weighted by Gasteiger charge is 1.87. The van der Waals surface area contributed by atoms with Gasteiger partial charge in [-0.15, -0.1) is 0 Å². The summed E-state index contributed by atoms with van der Waals surface area (Å²) in [5, 5.41) is 0.618. The molecule has 12 heavy (non-hydrogen) atoms. The molecule has 0 saturated heterocycles. The predicted octanol–water partition coefficient (Wildman–Crippen LogP) is 1.60. The Kier molecular flexibility index (Phi) is 5.65. The Balaban J connectivity index is 0.000000261. The molecule has 1 rings (SSSR count). The molecular formula is C6H8ClNO3S. The van der Waals surface area contributed by atoms with Gasteiger partial charge in [-0.2, -0.15) is 4.21 Å². The number of nitrogens with two attached hydrogens (primary N) is 1. The molecule has 0 amide bonds. The van der Waals surface area contributed by atoms with E-state index in [-0.39, 0.29) is 0 Å². The van der Waals surface area contributed by atoms with Crippen molar-refractivity contribution in [2.45, 2.75) is 0 Å². The molecule has 68 valence electrons. The van der Waals surface area contributed by atoms with Gasteiger partial charge < -0.3 is 5.73 Å². The molecule has 0 aliphatic rings. The first-order valence-electron chi connectivity index (χ1n) is 2.84. The van der Waals surface area contributed by atoms with E-state index in [9.17, 15) is 0 Å². The molecule has 0 heterocycles. The number of para-hydroxylation sites is 1. The Hall–Kier alpha value is -0.620.